The van der Waals surface area contributed by atoms with E-state index in [0.717, 1.165) is 6.08 Å². The standard InChI is InChI=1S/C9H9NO3/c1-6(5-8(11)12)9(13)7-3-2-4-10-7/h2-5,10H,1H3,(H,11,12)/b6-5-. The van der Waals surface area contributed by atoms with Crippen LogP contribution in [0.25, 0.3) is 0 Å². The van der Waals surface area contributed by atoms with E-state index in [-0.39, 0.29) is 11.4 Å². The topological polar surface area (TPSA) is 70.2 Å². The molecule has 4 nitrogen and oxygen atoms in total. The molecule has 0 unspecified atom stereocenters. The summed E-state index contributed by atoms with van der Waals surface area (Å²) in [6.07, 6.45) is 2.50. The number of carboxylic acids is 1. The zero-order chi connectivity index (χ0) is 9.84. The maximum Gasteiger partial charge on any atom is 0.328 e. The molecule has 0 saturated heterocycles. The third kappa shape index (κ3) is 2.30. The molecule has 0 aliphatic carbocycles. The number of aromatic amines is 1. The Morgan fingerprint density at radius 2 is 2.23 bits per heavy atom. The molecule has 0 atom stereocenters. The molecule has 68 valence electrons. The average molecular weight is 179 g/mol. The molecule has 0 aliphatic heterocycles. The Bertz CT molecular complexity index is 349. The minimum Gasteiger partial charge on any atom is -0.478 e. The number of allylic oxidation sites excluding steroid dienone is 1. The number of rotatable bonds is 3. The van der Waals surface area contributed by atoms with Gasteiger partial charge in [0.05, 0.1) is 5.69 Å². The van der Waals surface area contributed by atoms with Crippen LogP contribution in [0.15, 0.2) is 30.0 Å². The van der Waals surface area contributed by atoms with Gasteiger partial charge in [0.25, 0.3) is 0 Å². The quantitative estimate of drug-likeness (QED) is 0.541. The number of carbonyl (C=O) groups excluding carboxylic acids is 1. The van der Waals surface area contributed by atoms with Gasteiger partial charge < -0.3 is 10.1 Å². The van der Waals surface area contributed by atoms with E-state index in [0.29, 0.717) is 5.69 Å². The summed E-state index contributed by atoms with van der Waals surface area (Å²) in [6, 6.07) is 3.28. The monoisotopic (exact) mass is 179 g/mol. The first-order valence-corrected chi connectivity index (χ1v) is 3.70. The highest BCUT2D eigenvalue weighted by molar-refractivity contribution is 6.09. The number of carbonyl (C=O) groups is 2. The summed E-state index contributed by atoms with van der Waals surface area (Å²) in [4.78, 5) is 24.3. The Labute approximate surface area is 74.9 Å². The van der Waals surface area contributed by atoms with Gasteiger partial charge in [-0.3, -0.25) is 4.79 Å². The summed E-state index contributed by atoms with van der Waals surface area (Å²) in [6.45, 7) is 1.47. The zero-order valence-corrected chi connectivity index (χ0v) is 7.07. The molecule has 0 spiro atoms. The molecule has 0 amide bonds. The van der Waals surface area contributed by atoms with E-state index in [9.17, 15) is 9.59 Å². The van der Waals surface area contributed by atoms with Crippen molar-refractivity contribution in [2.75, 3.05) is 0 Å². The molecule has 0 aromatic carbocycles. The Kier molecular flexibility index (Phi) is 2.64. The van der Waals surface area contributed by atoms with Crippen LogP contribution >= 0.6 is 0 Å². The van der Waals surface area contributed by atoms with E-state index in [2.05, 4.69) is 4.98 Å². The molecule has 1 heterocycles. The molecule has 13 heavy (non-hydrogen) atoms. The van der Waals surface area contributed by atoms with Gasteiger partial charge in [-0.15, -0.1) is 0 Å². The molecule has 0 aliphatic rings. The van der Waals surface area contributed by atoms with E-state index in [1.807, 2.05) is 0 Å². The lowest BCUT2D eigenvalue weighted by atomic mass is 10.1. The number of hydrogen-bond acceptors (Lipinski definition) is 2. The Balaban J connectivity index is 2.86. The van der Waals surface area contributed by atoms with Crippen LogP contribution in [0.3, 0.4) is 0 Å². The predicted molar refractivity (Wildman–Crippen MR) is 46.5 cm³/mol. The molecule has 1 aromatic rings. The van der Waals surface area contributed by atoms with Gasteiger partial charge in [-0.05, 0) is 19.1 Å². The van der Waals surface area contributed by atoms with Crippen molar-refractivity contribution in [1.29, 1.82) is 0 Å². The van der Waals surface area contributed by atoms with Gasteiger partial charge in [0.15, 0.2) is 0 Å². The van der Waals surface area contributed by atoms with Gasteiger partial charge in [-0.25, -0.2) is 4.79 Å². The fourth-order valence-electron chi connectivity index (χ4n) is 0.935. The van der Waals surface area contributed by atoms with Gasteiger partial charge >= 0.3 is 5.97 Å². The summed E-state index contributed by atoms with van der Waals surface area (Å²) >= 11 is 0. The summed E-state index contributed by atoms with van der Waals surface area (Å²) in [7, 11) is 0. The van der Waals surface area contributed by atoms with Crippen molar-refractivity contribution < 1.29 is 14.7 Å². The fraction of sp³-hybridized carbons (Fsp3) is 0.111. The molecule has 0 radical (unpaired) electrons. The van der Waals surface area contributed by atoms with Gasteiger partial charge in [0.1, 0.15) is 0 Å². The van der Waals surface area contributed by atoms with E-state index in [1.165, 1.54) is 6.92 Å². The van der Waals surface area contributed by atoms with Crippen molar-refractivity contribution in [1.82, 2.24) is 4.98 Å². The van der Waals surface area contributed by atoms with Crippen molar-refractivity contribution in [2.45, 2.75) is 6.92 Å². The van der Waals surface area contributed by atoms with Crippen LogP contribution < -0.4 is 0 Å². The van der Waals surface area contributed by atoms with Crippen LogP contribution in [0.2, 0.25) is 0 Å². The van der Waals surface area contributed by atoms with Crippen molar-refractivity contribution in [3.8, 4) is 0 Å². The van der Waals surface area contributed by atoms with Crippen molar-refractivity contribution in [2.24, 2.45) is 0 Å². The van der Waals surface area contributed by atoms with Crippen LogP contribution in [0, 0.1) is 0 Å². The Hall–Kier alpha value is -1.84. The van der Waals surface area contributed by atoms with Crippen LogP contribution in [-0.2, 0) is 4.79 Å². The lowest BCUT2D eigenvalue weighted by Crippen LogP contribution is -2.03. The van der Waals surface area contributed by atoms with E-state index in [1.54, 1.807) is 18.3 Å². The second-order valence-corrected chi connectivity index (χ2v) is 2.58. The lowest BCUT2D eigenvalue weighted by molar-refractivity contribution is -0.131. The maximum atomic E-state index is 11.4. The fourth-order valence-corrected chi connectivity index (χ4v) is 0.935. The normalized spacial score (nSPS) is 11.3. The summed E-state index contributed by atoms with van der Waals surface area (Å²) in [5.41, 5.74) is 0.602. The predicted octanol–water partition coefficient (Wildman–Crippen LogP) is 1.23. The molecule has 0 saturated carbocycles. The molecule has 1 rings (SSSR count). The number of H-pyrrole nitrogens is 1. The average Bonchev–Trinajstić information content (AvgIpc) is 2.53. The number of aliphatic carboxylic acids is 1. The molecule has 2 N–H and O–H groups in total. The van der Waals surface area contributed by atoms with Gasteiger partial charge in [0.2, 0.25) is 5.78 Å². The van der Waals surface area contributed by atoms with Gasteiger partial charge in [0, 0.05) is 17.8 Å². The second kappa shape index (κ2) is 3.71. The minimum atomic E-state index is -1.11. The number of aromatic nitrogens is 1. The minimum absolute atomic E-state index is 0.204. The van der Waals surface area contributed by atoms with Gasteiger partial charge in [-0.1, -0.05) is 0 Å². The number of nitrogens with one attached hydrogen (secondary N) is 1. The first-order valence-electron chi connectivity index (χ1n) is 3.70. The molecule has 0 bridgehead atoms. The smallest absolute Gasteiger partial charge is 0.328 e. The highest BCUT2D eigenvalue weighted by Crippen LogP contribution is 2.04. The van der Waals surface area contributed by atoms with E-state index >= 15 is 0 Å². The third-order valence-electron chi connectivity index (χ3n) is 1.54. The number of carboxylic acid groups (broad SMARTS) is 1. The summed E-state index contributed by atoms with van der Waals surface area (Å²) < 4.78 is 0. The largest absolute Gasteiger partial charge is 0.478 e. The highest BCUT2D eigenvalue weighted by Gasteiger charge is 2.09. The first-order chi connectivity index (χ1) is 6.11. The van der Waals surface area contributed by atoms with E-state index < -0.39 is 5.97 Å². The van der Waals surface area contributed by atoms with E-state index in [4.69, 9.17) is 5.11 Å². The first kappa shape index (κ1) is 9.25. The van der Waals surface area contributed by atoms with Crippen LogP contribution in [0.5, 0.6) is 0 Å². The maximum absolute atomic E-state index is 11.4. The van der Waals surface area contributed by atoms with Crippen molar-refractivity contribution in [3.63, 3.8) is 0 Å². The number of hydrogen-bond donors (Lipinski definition) is 2. The van der Waals surface area contributed by atoms with Crippen molar-refractivity contribution in [3.05, 3.63) is 35.7 Å². The Morgan fingerprint density at radius 1 is 1.54 bits per heavy atom. The molecule has 1 aromatic heterocycles. The van der Waals surface area contributed by atoms with Crippen LogP contribution in [0.4, 0.5) is 0 Å². The number of Topliss-reactive ketones (excluding diaryl/α,β-unsaturated/α-hetero) is 1. The molecular weight excluding hydrogens is 170 g/mol. The second-order valence-electron chi connectivity index (χ2n) is 2.58. The number of ketones is 1. The van der Waals surface area contributed by atoms with Gasteiger partial charge in [-0.2, -0.15) is 0 Å². The van der Waals surface area contributed by atoms with Crippen LogP contribution in [-0.4, -0.2) is 21.8 Å². The molecule has 4 heteroatoms. The summed E-state index contributed by atoms with van der Waals surface area (Å²) in [5.74, 6) is -1.41. The Morgan fingerprint density at radius 3 is 2.69 bits per heavy atom. The van der Waals surface area contributed by atoms with Crippen molar-refractivity contribution >= 4 is 11.8 Å². The highest BCUT2D eigenvalue weighted by atomic mass is 16.4. The molecule has 0 fully saturated rings. The lowest BCUT2D eigenvalue weighted by Gasteiger charge is -1.95. The van der Waals surface area contributed by atoms with Crippen LogP contribution in [0.1, 0.15) is 17.4 Å². The third-order valence-corrected chi connectivity index (χ3v) is 1.54. The molecular formula is C9H9NO3. The zero-order valence-electron chi connectivity index (χ0n) is 7.07. The summed E-state index contributed by atoms with van der Waals surface area (Å²) in [5, 5.41) is 8.39. The SMILES string of the molecule is C/C(=C/C(=O)O)C(=O)c1ccc[nH]1.